The number of rotatable bonds is 6. The van der Waals surface area contributed by atoms with Crippen LogP contribution in [0.1, 0.15) is 46.5 Å². The molecule has 0 aliphatic heterocycles. The third-order valence-electron chi connectivity index (χ3n) is 5.03. The van der Waals surface area contributed by atoms with Crippen molar-refractivity contribution >= 4 is 0 Å². The van der Waals surface area contributed by atoms with Crippen molar-refractivity contribution in [2.45, 2.75) is 46.5 Å². The lowest BCUT2D eigenvalue weighted by Gasteiger charge is -2.34. The van der Waals surface area contributed by atoms with Crippen LogP contribution < -0.4 is 5.73 Å². The van der Waals surface area contributed by atoms with E-state index in [9.17, 15) is 0 Å². The first-order valence-corrected chi connectivity index (χ1v) is 7.46. The van der Waals surface area contributed by atoms with E-state index in [0.29, 0.717) is 0 Å². The van der Waals surface area contributed by atoms with Gasteiger partial charge in [0, 0.05) is 13.1 Å². The van der Waals surface area contributed by atoms with Gasteiger partial charge in [0.2, 0.25) is 0 Å². The van der Waals surface area contributed by atoms with Gasteiger partial charge in [0.25, 0.3) is 0 Å². The van der Waals surface area contributed by atoms with Crippen LogP contribution in [-0.4, -0.2) is 31.1 Å². The Morgan fingerprint density at radius 1 is 1.24 bits per heavy atom. The van der Waals surface area contributed by atoms with E-state index in [2.05, 4.69) is 25.7 Å². The minimum absolute atomic E-state index is 0.271. The number of hydrogen-bond acceptors (Lipinski definition) is 2. The zero-order valence-corrected chi connectivity index (χ0v) is 11.9. The third-order valence-corrected chi connectivity index (χ3v) is 5.03. The van der Waals surface area contributed by atoms with E-state index in [1.54, 1.807) is 0 Å². The van der Waals surface area contributed by atoms with Gasteiger partial charge < -0.3 is 10.6 Å². The predicted octanol–water partition coefficient (Wildman–Crippen LogP) is 2.73. The van der Waals surface area contributed by atoms with Gasteiger partial charge in [-0.3, -0.25) is 0 Å². The molecule has 2 fully saturated rings. The molecule has 0 heterocycles. The highest BCUT2D eigenvalue weighted by atomic mass is 15.1. The van der Waals surface area contributed by atoms with Crippen LogP contribution in [0.3, 0.4) is 0 Å². The fraction of sp³-hybridized carbons (Fsp3) is 1.00. The van der Waals surface area contributed by atoms with Crippen LogP contribution in [0.5, 0.6) is 0 Å². The molecular formula is C15H30N2. The minimum Gasteiger partial charge on any atom is -0.330 e. The van der Waals surface area contributed by atoms with Crippen molar-refractivity contribution in [2.24, 2.45) is 28.9 Å². The van der Waals surface area contributed by atoms with Crippen molar-refractivity contribution < 1.29 is 0 Å². The van der Waals surface area contributed by atoms with Crippen molar-refractivity contribution in [3.8, 4) is 0 Å². The summed E-state index contributed by atoms with van der Waals surface area (Å²) < 4.78 is 0. The van der Waals surface area contributed by atoms with Gasteiger partial charge in [0.05, 0.1) is 0 Å². The lowest BCUT2D eigenvalue weighted by molar-refractivity contribution is 0.145. The van der Waals surface area contributed by atoms with Crippen LogP contribution in [0.4, 0.5) is 0 Å². The summed E-state index contributed by atoms with van der Waals surface area (Å²) in [5, 5.41) is 0. The van der Waals surface area contributed by atoms with Crippen LogP contribution in [0.2, 0.25) is 0 Å². The van der Waals surface area contributed by atoms with E-state index >= 15 is 0 Å². The highest BCUT2D eigenvalue weighted by Crippen LogP contribution is 2.48. The molecule has 0 aromatic carbocycles. The fourth-order valence-electron chi connectivity index (χ4n) is 3.91. The molecule has 2 N–H and O–H groups in total. The number of fused-ring (bicyclic) bond motifs is 2. The third kappa shape index (κ3) is 3.23. The normalized spacial score (nSPS) is 32.6. The molecule has 3 atom stereocenters. The Balaban J connectivity index is 1.83. The second-order valence-electron chi connectivity index (χ2n) is 7.13. The monoisotopic (exact) mass is 238 g/mol. The average Bonchev–Trinajstić information content (AvgIpc) is 2.89. The van der Waals surface area contributed by atoms with Crippen molar-refractivity contribution in [2.75, 3.05) is 26.2 Å². The summed E-state index contributed by atoms with van der Waals surface area (Å²) in [5.74, 6) is 3.11. The summed E-state index contributed by atoms with van der Waals surface area (Å²) in [6.45, 7) is 11.3. The molecule has 2 heteroatoms. The molecule has 0 amide bonds. The first kappa shape index (κ1) is 13.4. The summed E-state index contributed by atoms with van der Waals surface area (Å²) in [4.78, 5) is 2.64. The number of hydrogen-bond donors (Lipinski definition) is 1. The van der Waals surface area contributed by atoms with Crippen LogP contribution in [0.15, 0.2) is 0 Å². The van der Waals surface area contributed by atoms with E-state index in [0.717, 1.165) is 30.8 Å². The van der Waals surface area contributed by atoms with Gasteiger partial charge in [0.1, 0.15) is 0 Å². The Labute approximate surface area is 107 Å². The van der Waals surface area contributed by atoms with Crippen LogP contribution in [0, 0.1) is 23.2 Å². The Morgan fingerprint density at radius 3 is 2.47 bits per heavy atom. The Hall–Kier alpha value is -0.0800. The molecule has 0 aromatic rings. The average molecular weight is 238 g/mol. The van der Waals surface area contributed by atoms with Gasteiger partial charge in [-0.15, -0.1) is 0 Å². The first-order chi connectivity index (χ1) is 8.04. The Morgan fingerprint density at radius 2 is 2.00 bits per heavy atom. The second kappa shape index (κ2) is 5.27. The molecule has 2 saturated carbocycles. The van der Waals surface area contributed by atoms with Gasteiger partial charge in [-0.25, -0.2) is 0 Å². The van der Waals surface area contributed by atoms with E-state index in [1.165, 1.54) is 38.8 Å². The van der Waals surface area contributed by atoms with Gasteiger partial charge in [-0.2, -0.15) is 0 Å². The fourth-order valence-corrected chi connectivity index (χ4v) is 3.91. The van der Waals surface area contributed by atoms with Crippen LogP contribution in [0.25, 0.3) is 0 Å². The molecule has 0 spiro atoms. The molecule has 2 rings (SSSR count). The molecule has 0 radical (unpaired) electrons. The molecule has 0 aromatic heterocycles. The van der Waals surface area contributed by atoms with Gasteiger partial charge in [-0.1, -0.05) is 27.2 Å². The summed E-state index contributed by atoms with van der Waals surface area (Å²) >= 11 is 0. The Bertz CT molecular complexity index is 249. The zero-order chi connectivity index (χ0) is 12.5. The SMILES string of the molecule is CCN(CC1CC2CCC1C2)CC(C)(C)CN. The molecule has 2 nitrogen and oxygen atoms in total. The quantitative estimate of drug-likeness (QED) is 0.771. The molecule has 3 unspecified atom stereocenters. The highest BCUT2D eigenvalue weighted by molar-refractivity contribution is 4.91. The molecule has 17 heavy (non-hydrogen) atoms. The van der Waals surface area contributed by atoms with E-state index in [4.69, 9.17) is 5.73 Å². The van der Waals surface area contributed by atoms with Crippen molar-refractivity contribution in [1.29, 1.82) is 0 Å². The molecule has 2 aliphatic rings. The van der Waals surface area contributed by atoms with Crippen LogP contribution >= 0.6 is 0 Å². The van der Waals surface area contributed by atoms with E-state index in [1.807, 2.05) is 0 Å². The standard InChI is InChI=1S/C15H30N2/c1-4-17(11-15(2,3)10-16)9-14-8-12-5-6-13(14)7-12/h12-14H,4-11,16H2,1-3H3. The zero-order valence-electron chi connectivity index (χ0n) is 11.9. The number of nitrogens with zero attached hydrogens (tertiary/aromatic N) is 1. The van der Waals surface area contributed by atoms with Crippen molar-refractivity contribution in [3.05, 3.63) is 0 Å². The molecule has 0 saturated heterocycles. The minimum atomic E-state index is 0.271. The Kier molecular flexibility index (Phi) is 4.14. The van der Waals surface area contributed by atoms with Gasteiger partial charge >= 0.3 is 0 Å². The summed E-state index contributed by atoms with van der Waals surface area (Å²) in [6, 6.07) is 0. The first-order valence-electron chi connectivity index (χ1n) is 7.46. The number of nitrogens with two attached hydrogens (primary N) is 1. The largest absolute Gasteiger partial charge is 0.330 e. The summed E-state index contributed by atoms with van der Waals surface area (Å²) in [5.41, 5.74) is 6.12. The molecular weight excluding hydrogens is 208 g/mol. The predicted molar refractivity (Wildman–Crippen MR) is 73.9 cm³/mol. The van der Waals surface area contributed by atoms with E-state index < -0.39 is 0 Å². The lowest BCUT2D eigenvalue weighted by Crippen LogP contribution is -2.41. The maximum atomic E-state index is 5.85. The highest BCUT2D eigenvalue weighted by Gasteiger charge is 2.40. The summed E-state index contributed by atoms with van der Waals surface area (Å²) in [7, 11) is 0. The maximum absolute atomic E-state index is 5.85. The smallest absolute Gasteiger partial charge is 0.00447 e. The summed E-state index contributed by atoms with van der Waals surface area (Å²) in [6.07, 6.45) is 6.06. The second-order valence-corrected chi connectivity index (χ2v) is 7.13. The molecule has 2 aliphatic carbocycles. The maximum Gasteiger partial charge on any atom is 0.00447 e. The van der Waals surface area contributed by atoms with Crippen molar-refractivity contribution in [1.82, 2.24) is 4.90 Å². The van der Waals surface area contributed by atoms with Crippen LogP contribution in [-0.2, 0) is 0 Å². The molecule has 2 bridgehead atoms. The van der Waals surface area contributed by atoms with Crippen molar-refractivity contribution in [3.63, 3.8) is 0 Å². The molecule has 100 valence electrons. The van der Waals surface area contributed by atoms with Gasteiger partial charge in [0.15, 0.2) is 0 Å². The topological polar surface area (TPSA) is 29.3 Å². The lowest BCUT2D eigenvalue weighted by atomic mass is 9.87. The van der Waals surface area contributed by atoms with E-state index in [-0.39, 0.29) is 5.41 Å². The van der Waals surface area contributed by atoms with Gasteiger partial charge in [-0.05, 0) is 55.5 Å².